The third-order valence-corrected chi connectivity index (χ3v) is 4.65. The summed E-state index contributed by atoms with van der Waals surface area (Å²) >= 11 is 0. The lowest BCUT2D eigenvalue weighted by Crippen LogP contribution is -2.40. The second-order valence-electron chi connectivity index (χ2n) is 6.29. The number of hydrogen-bond donors (Lipinski definition) is 3. The van der Waals surface area contributed by atoms with Crippen molar-refractivity contribution in [2.75, 3.05) is 6.54 Å². The number of hydrogen-bond acceptors (Lipinski definition) is 3. The number of carbonyl (C=O) groups is 2. The average molecular weight is 305 g/mol. The van der Waals surface area contributed by atoms with E-state index in [1.165, 1.54) is 0 Å². The molecular weight excluding hydrogens is 278 g/mol. The van der Waals surface area contributed by atoms with Crippen molar-refractivity contribution in [2.24, 2.45) is 11.7 Å². The first-order chi connectivity index (χ1) is 10.5. The van der Waals surface area contributed by atoms with Crippen LogP contribution >= 0.6 is 0 Å². The van der Waals surface area contributed by atoms with Gasteiger partial charge in [-0.1, -0.05) is 19.8 Å². The van der Waals surface area contributed by atoms with E-state index in [9.17, 15) is 9.59 Å². The monoisotopic (exact) mass is 305 g/mol. The molecule has 2 atom stereocenters. The third-order valence-electron chi connectivity index (χ3n) is 4.65. The Labute approximate surface area is 132 Å². The Bertz CT molecular complexity index is 562. The van der Waals surface area contributed by atoms with Crippen LogP contribution < -0.4 is 11.1 Å². The molecule has 1 heterocycles. The highest BCUT2D eigenvalue weighted by molar-refractivity contribution is 6.02. The fourth-order valence-electron chi connectivity index (χ4n) is 3.60. The second-order valence-corrected chi connectivity index (χ2v) is 6.29. The minimum atomic E-state index is -0.107. The summed E-state index contributed by atoms with van der Waals surface area (Å²) in [5.74, 6) is 0.267. The molecule has 2 rings (SSSR count). The summed E-state index contributed by atoms with van der Waals surface area (Å²) < 4.78 is 0. The van der Waals surface area contributed by atoms with Gasteiger partial charge in [0, 0.05) is 17.3 Å². The van der Waals surface area contributed by atoms with Crippen LogP contribution in [-0.4, -0.2) is 29.3 Å². The first kappa shape index (κ1) is 16.7. The molecule has 0 bridgehead atoms. The van der Waals surface area contributed by atoms with Gasteiger partial charge in [0.15, 0.2) is 5.78 Å². The molecule has 0 radical (unpaired) electrons. The number of carbonyl (C=O) groups excluding carboxylic acids is 2. The first-order valence-electron chi connectivity index (χ1n) is 8.22. The maximum atomic E-state index is 12.7. The van der Waals surface area contributed by atoms with Crippen LogP contribution in [0.3, 0.4) is 0 Å². The standard InChI is InChI=1S/C17H27N3O2/c1-4-6-13-15(11(3)21)10(2)19-16(13)17(22)20-14-8-5-7-12(14)9-18/h12,14,19H,4-9,18H2,1-3H3,(H,20,22). The van der Waals surface area contributed by atoms with Crippen LogP contribution in [0.25, 0.3) is 0 Å². The van der Waals surface area contributed by atoms with Crippen molar-refractivity contribution in [1.29, 1.82) is 0 Å². The molecule has 1 amide bonds. The van der Waals surface area contributed by atoms with E-state index < -0.39 is 0 Å². The molecule has 4 N–H and O–H groups in total. The van der Waals surface area contributed by atoms with Crippen LogP contribution in [0, 0.1) is 12.8 Å². The number of ketones is 1. The number of aromatic amines is 1. The summed E-state index contributed by atoms with van der Waals surface area (Å²) in [5, 5.41) is 3.11. The highest BCUT2D eigenvalue weighted by Gasteiger charge is 2.29. The molecule has 0 spiro atoms. The molecule has 5 heteroatoms. The predicted molar refractivity (Wildman–Crippen MR) is 87.2 cm³/mol. The van der Waals surface area contributed by atoms with E-state index in [4.69, 9.17) is 5.73 Å². The number of Topliss-reactive ketones (excluding diaryl/α,β-unsaturated/α-hetero) is 1. The Morgan fingerprint density at radius 2 is 2.09 bits per heavy atom. The van der Waals surface area contributed by atoms with Gasteiger partial charge >= 0.3 is 0 Å². The van der Waals surface area contributed by atoms with Crippen LogP contribution in [0.4, 0.5) is 0 Å². The largest absolute Gasteiger partial charge is 0.354 e. The molecule has 0 aromatic carbocycles. The number of rotatable bonds is 6. The molecule has 2 unspecified atom stereocenters. The molecule has 1 aliphatic carbocycles. The van der Waals surface area contributed by atoms with Crippen molar-refractivity contribution in [2.45, 2.75) is 58.9 Å². The second kappa shape index (κ2) is 7.09. The van der Waals surface area contributed by atoms with Crippen molar-refractivity contribution in [1.82, 2.24) is 10.3 Å². The summed E-state index contributed by atoms with van der Waals surface area (Å²) in [4.78, 5) is 27.6. The smallest absolute Gasteiger partial charge is 0.268 e. The molecular formula is C17H27N3O2. The Balaban J connectivity index is 2.25. The van der Waals surface area contributed by atoms with E-state index >= 15 is 0 Å². The number of nitrogens with one attached hydrogen (secondary N) is 2. The van der Waals surface area contributed by atoms with Gasteiger partial charge in [-0.25, -0.2) is 0 Å². The maximum absolute atomic E-state index is 12.7. The number of H-pyrrole nitrogens is 1. The SMILES string of the molecule is CCCc1c(C(=O)NC2CCCC2CN)[nH]c(C)c1C(C)=O. The first-order valence-corrected chi connectivity index (χ1v) is 8.22. The van der Waals surface area contributed by atoms with Crippen LogP contribution in [0.5, 0.6) is 0 Å². The van der Waals surface area contributed by atoms with Crippen molar-refractivity contribution < 1.29 is 9.59 Å². The molecule has 0 saturated heterocycles. The Kier molecular flexibility index (Phi) is 5.40. The zero-order chi connectivity index (χ0) is 16.3. The molecule has 1 saturated carbocycles. The van der Waals surface area contributed by atoms with Gasteiger partial charge in [-0.05, 0) is 51.1 Å². The quantitative estimate of drug-likeness (QED) is 0.705. The van der Waals surface area contributed by atoms with Crippen LogP contribution in [0.2, 0.25) is 0 Å². The molecule has 22 heavy (non-hydrogen) atoms. The minimum absolute atomic E-state index is 0.0111. The number of nitrogens with two attached hydrogens (primary N) is 1. The van der Waals surface area contributed by atoms with E-state index in [0.29, 0.717) is 23.7 Å². The highest BCUT2D eigenvalue weighted by atomic mass is 16.2. The van der Waals surface area contributed by atoms with E-state index in [-0.39, 0.29) is 17.7 Å². The van der Waals surface area contributed by atoms with Crippen LogP contribution in [-0.2, 0) is 6.42 Å². The lowest BCUT2D eigenvalue weighted by molar-refractivity contribution is 0.0923. The lowest BCUT2D eigenvalue weighted by Gasteiger charge is -2.19. The van der Waals surface area contributed by atoms with Crippen molar-refractivity contribution >= 4 is 11.7 Å². The van der Waals surface area contributed by atoms with Gasteiger partial charge in [0.2, 0.25) is 0 Å². The fraction of sp³-hybridized carbons (Fsp3) is 0.647. The van der Waals surface area contributed by atoms with Gasteiger partial charge in [-0.3, -0.25) is 9.59 Å². The van der Waals surface area contributed by atoms with Crippen LogP contribution in [0.1, 0.15) is 71.6 Å². The van der Waals surface area contributed by atoms with E-state index in [2.05, 4.69) is 17.2 Å². The molecule has 1 aromatic heterocycles. The zero-order valence-corrected chi connectivity index (χ0v) is 13.8. The Morgan fingerprint density at radius 1 is 1.36 bits per heavy atom. The van der Waals surface area contributed by atoms with E-state index in [1.54, 1.807) is 6.92 Å². The zero-order valence-electron chi connectivity index (χ0n) is 13.8. The van der Waals surface area contributed by atoms with Crippen molar-refractivity contribution in [3.63, 3.8) is 0 Å². The van der Waals surface area contributed by atoms with Crippen molar-refractivity contribution in [3.8, 4) is 0 Å². The maximum Gasteiger partial charge on any atom is 0.268 e. The molecule has 5 nitrogen and oxygen atoms in total. The number of aryl methyl sites for hydroxylation is 1. The molecule has 1 fully saturated rings. The molecule has 1 aromatic rings. The fourth-order valence-corrected chi connectivity index (χ4v) is 3.60. The van der Waals surface area contributed by atoms with Gasteiger partial charge < -0.3 is 16.0 Å². The summed E-state index contributed by atoms with van der Waals surface area (Å²) in [7, 11) is 0. The topological polar surface area (TPSA) is 88.0 Å². The minimum Gasteiger partial charge on any atom is -0.354 e. The lowest BCUT2D eigenvalue weighted by atomic mass is 10.00. The van der Waals surface area contributed by atoms with E-state index in [1.807, 2.05) is 6.92 Å². The van der Waals surface area contributed by atoms with Gasteiger partial charge in [0.05, 0.1) is 0 Å². The van der Waals surface area contributed by atoms with E-state index in [0.717, 1.165) is 43.4 Å². The van der Waals surface area contributed by atoms with Crippen LogP contribution in [0.15, 0.2) is 0 Å². The highest BCUT2D eigenvalue weighted by Crippen LogP contribution is 2.26. The van der Waals surface area contributed by atoms with Gasteiger partial charge in [-0.2, -0.15) is 0 Å². The summed E-state index contributed by atoms with van der Waals surface area (Å²) in [5.41, 5.74) is 8.64. The molecule has 0 aliphatic heterocycles. The molecule has 122 valence electrons. The number of aromatic nitrogens is 1. The third kappa shape index (κ3) is 3.24. The average Bonchev–Trinajstić information content (AvgIpc) is 3.03. The normalized spacial score (nSPS) is 21.1. The van der Waals surface area contributed by atoms with Crippen molar-refractivity contribution in [3.05, 3.63) is 22.5 Å². The van der Waals surface area contributed by atoms with Gasteiger partial charge in [0.1, 0.15) is 5.69 Å². The Hall–Kier alpha value is -1.62. The summed E-state index contributed by atoms with van der Waals surface area (Å²) in [6.07, 6.45) is 4.79. The predicted octanol–water partition coefficient (Wildman–Crippen LogP) is 2.34. The Morgan fingerprint density at radius 3 is 2.68 bits per heavy atom. The molecule has 1 aliphatic rings. The summed E-state index contributed by atoms with van der Waals surface area (Å²) in [6.45, 7) is 6.06. The number of amides is 1. The van der Waals surface area contributed by atoms with Gasteiger partial charge in [-0.15, -0.1) is 0 Å². The summed E-state index contributed by atoms with van der Waals surface area (Å²) in [6, 6.07) is 0.149. The van der Waals surface area contributed by atoms with Gasteiger partial charge in [0.25, 0.3) is 5.91 Å².